The van der Waals surface area contributed by atoms with Gasteiger partial charge in [-0.05, 0) is 41.4 Å². The molecule has 1 aromatic carbocycles. The number of hydrogen-bond acceptors (Lipinski definition) is 1. The molecule has 1 aliphatic rings. The molecular weight excluding hydrogens is 236 g/mol. The first-order chi connectivity index (χ1) is 8.57. The van der Waals surface area contributed by atoms with Crippen molar-refractivity contribution in [1.29, 1.82) is 0 Å². The molecule has 1 unspecified atom stereocenters. The second-order valence-corrected chi connectivity index (χ2v) is 7.76. The minimum Gasteiger partial charge on any atom is -0.478 e. The van der Waals surface area contributed by atoms with Gasteiger partial charge < -0.3 is 5.11 Å². The zero-order chi connectivity index (χ0) is 14.5. The maximum Gasteiger partial charge on any atom is 0.335 e. The summed E-state index contributed by atoms with van der Waals surface area (Å²) in [6.45, 7) is 11.4. The Labute approximate surface area is 115 Å². The Morgan fingerprint density at radius 2 is 1.68 bits per heavy atom. The minimum absolute atomic E-state index is 0.211. The van der Waals surface area contributed by atoms with Gasteiger partial charge in [0, 0.05) is 5.41 Å². The van der Waals surface area contributed by atoms with Crippen LogP contribution in [0.15, 0.2) is 24.3 Å². The van der Waals surface area contributed by atoms with Crippen LogP contribution in [0.1, 0.15) is 63.4 Å². The summed E-state index contributed by atoms with van der Waals surface area (Å²) in [5.74, 6) is -0.855. The van der Waals surface area contributed by atoms with E-state index in [0.717, 1.165) is 6.42 Å². The third-order valence-corrected chi connectivity index (χ3v) is 4.43. The first-order valence-corrected chi connectivity index (χ1v) is 6.91. The highest BCUT2D eigenvalue weighted by Crippen LogP contribution is 2.68. The first-order valence-electron chi connectivity index (χ1n) is 6.91. The van der Waals surface area contributed by atoms with Crippen LogP contribution in [0.5, 0.6) is 0 Å². The molecule has 1 atom stereocenters. The van der Waals surface area contributed by atoms with E-state index in [9.17, 15) is 4.79 Å². The molecule has 2 rings (SSSR count). The lowest BCUT2D eigenvalue weighted by Gasteiger charge is -2.29. The van der Waals surface area contributed by atoms with Crippen molar-refractivity contribution < 1.29 is 9.90 Å². The molecule has 0 aliphatic heterocycles. The summed E-state index contributed by atoms with van der Waals surface area (Å²) in [4.78, 5) is 10.9. The SMILES string of the molecule is CC(C)(C)CC1(c2ccc(C(=O)O)cc2)CC1(C)C. The highest BCUT2D eigenvalue weighted by Gasteiger charge is 2.62. The van der Waals surface area contributed by atoms with Crippen LogP contribution >= 0.6 is 0 Å². The zero-order valence-electron chi connectivity index (χ0n) is 12.6. The van der Waals surface area contributed by atoms with Gasteiger partial charge >= 0.3 is 5.97 Å². The Morgan fingerprint density at radius 3 is 2.00 bits per heavy atom. The van der Waals surface area contributed by atoms with Crippen molar-refractivity contribution in [1.82, 2.24) is 0 Å². The third kappa shape index (κ3) is 2.54. The van der Waals surface area contributed by atoms with Crippen LogP contribution in [0.2, 0.25) is 0 Å². The highest BCUT2D eigenvalue weighted by molar-refractivity contribution is 5.87. The van der Waals surface area contributed by atoms with Crippen LogP contribution in [-0.4, -0.2) is 11.1 Å². The maximum atomic E-state index is 10.9. The van der Waals surface area contributed by atoms with Gasteiger partial charge in [0.15, 0.2) is 0 Å². The van der Waals surface area contributed by atoms with Gasteiger partial charge in [-0.3, -0.25) is 0 Å². The van der Waals surface area contributed by atoms with E-state index in [1.807, 2.05) is 12.1 Å². The fourth-order valence-corrected chi connectivity index (χ4v) is 3.44. The first kappa shape index (κ1) is 14.1. The third-order valence-electron chi connectivity index (χ3n) is 4.43. The summed E-state index contributed by atoms with van der Waals surface area (Å²) in [5, 5.41) is 8.98. The Morgan fingerprint density at radius 1 is 1.21 bits per heavy atom. The lowest BCUT2D eigenvalue weighted by atomic mass is 9.75. The smallest absolute Gasteiger partial charge is 0.335 e. The predicted molar refractivity (Wildman–Crippen MR) is 77.5 cm³/mol. The van der Waals surface area contributed by atoms with E-state index >= 15 is 0 Å². The largest absolute Gasteiger partial charge is 0.478 e. The van der Waals surface area contributed by atoms with E-state index < -0.39 is 5.97 Å². The zero-order valence-corrected chi connectivity index (χ0v) is 12.6. The van der Waals surface area contributed by atoms with E-state index in [4.69, 9.17) is 5.11 Å². The quantitative estimate of drug-likeness (QED) is 0.869. The molecule has 1 aromatic rings. The normalized spacial score (nSPS) is 25.1. The summed E-state index contributed by atoms with van der Waals surface area (Å²) in [6, 6.07) is 7.47. The Balaban J connectivity index is 2.34. The standard InChI is InChI=1S/C17H24O2/c1-15(2,3)10-17(11-16(17,4)5)13-8-6-12(7-9-13)14(18)19/h6-9H,10-11H2,1-5H3,(H,18,19). The number of carboxylic acids is 1. The Kier molecular flexibility index (Phi) is 3.04. The lowest BCUT2D eigenvalue weighted by molar-refractivity contribution is 0.0697. The molecule has 0 saturated heterocycles. The van der Waals surface area contributed by atoms with Gasteiger partial charge in [0.25, 0.3) is 0 Å². The van der Waals surface area contributed by atoms with Gasteiger partial charge in [-0.2, -0.15) is 0 Å². The van der Waals surface area contributed by atoms with Crippen molar-refractivity contribution in [3.05, 3.63) is 35.4 Å². The molecule has 19 heavy (non-hydrogen) atoms. The van der Waals surface area contributed by atoms with Crippen LogP contribution in [0.4, 0.5) is 0 Å². The van der Waals surface area contributed by atoms with E-state index in [1.54, 1.807) is 12.1 Å². The topological polar surface area (TPSA) is 37.3 Å². The van der Waals surface area contributed by atoms with Crippen molar-refractivity contribution in [3.8, 4) is 0 Å². The molecule has 2 heteroatoms. The number of carbonyl (C=O) groups is 1. The number of rotatable bonds is 3. The predicted octanol–water partition coefficient (Wildman–Crippen LogP) is 4.49. The number of benzene rings is 1. The Bertz CT molecular complexity index is 491. The van der Waals surface area contributed by atoms with Crippen LogP contribution in [0.3, 0.4) is 0 Å². The molecule has 1 fully saturated rings. The molecule has 104 valence electrons. The molecular formula is C17H24O2. The van der Waals surface area contributed by atoms with Crippen molar-refractivity contribution >= 4 is 5.97 Å². The molecule has 0 aromatic heterocycles. The van der Waals surface area contributed by atoms with Crippen molar-refractivity contribution in [2.45, 2.75) is 52.9 Å². The summed E-state index contributed by atoms with van der Waals surface area (Å²) in [7, 11) is 0. The molecule has 0 heterocycles. The average Bonchev–Trinajstić information content (AvgIpc) is 2.79. The molecule has 0 spiro atoms. The van der Waals surface area contributed by atoms with Crippen molar-refractivity contribution in [2.75, 3.05) is 0 Å². The monoisotopic (exact) mass is 260 g/mol. The number of hydrogen-bond donors (Lipinski definition) is 1. The van der Waals surface area contributed by atoms with Crippen LogP contribution in [-0.2, 0) is 5.41 Å². The van der Waals surface area contributed by atoms with E-state index in [2.05, 4.69) is 34.6 Å². The molecule has 2 nitrogen and oxygen atoms in total. The summed E-state index contributed by atoms with van der Waals surface area (Å²) in [6.07, 6.45) is 2.32. The summed E-state index contributed by atoms with van der Waals surface area (Å²) < 4.78 is 0. The lowest BCUT2D eigenvalue weighted by Crippen LogP contribution is -2.22. The van der Waals surface area contributed by atoms with Crippen LogP contribution < -0.4 is 0 Å². The van der Waals surface area contributed by atoms with Gasteiger partial charge in [0.2, 0.25) is 0 Å². The van der Waals surface area contributed by atoms with Crippen molar-refractivity contribution in [2.24, 2.45) is 10.8 Å². The second kappa shape index (κ2) is 4.09. The molecule has 1 N–H and O–H groups in total. The molecule has 0 bridgehead atoms. The fraction of sp³-hybridized carbons (Fsp3) is 0.588. The maximum absolute atomic E-state index is 10.9. The fourth-order valence-electron chi connectivity index (χ4n) is 3.44. The van der Waals surface area contributed by atoms with Crippen LogP contribution in [0, 0.1) is 10.8 Å². The number of carboxylic acid groups (broad SMARTS) is 1. The molecule has 1 saturated carbocycles. The average molecular weight is 260 g/mol. The second-order valence-electron chi connectivity index (χ2n) is 7.76. The van der Waals surface area contributed by atoms with Gasteiger partial charge in [0.1, 0.15) is 0 Å². The van der Waals surface area contributed by atoms with E-state index in [1.165, 1.54) is 12.0 Å². The van der Waals surface area contributed by atoms with E-state index in [-0.39, 0.29) is 10.8 Å². The molecule has 0 radical (unpaired) electrons. The van der Waals surface area contributed by atoms with Gasteiger partial charge in [0.05, 0.1) is 5.56 Å². The van der Waals surface area contributed by atoms with Gasteiger partial charge in [-0.1, -0.05) is 46.8 Å². The molecule has 0 amide bonds. The summed E-state index contributed by atoms with van der Waals surface area (Å²) >= 11 is 0. The number of aromatic carboxylic acids is 1. The van der Waals surface area contributed by atoms with Crippen molar-refractivity contribution in [3.63, 3.8) is 0 Å². The Hall–Kier alpha value is -1.31. The van der Waals surface area contributed by atoms with Gasteiger partial charge in [-0.15, -0.1) is 0 Å². The van der Waals surface area contributed by atoms with Gasteiger partial charge in [-0.25, -0.2) is 4.79 Å². The molecule has 1 aliphatic carbocycles. The van der Waals surface area contributed by atoms with E-state index in [0.29, 0.717) is 11.0 Å². The van der Waals surface area contributed by atoms with Crippen LogP contribution in [0.25, 0.3) is 0 Å². The highest BCUT2D eigenvalue weighted by atomic mass is 16.4. The summed E-state index contributed by atoms with van der Waals surface area (Å²) in [5.41, 5.74) is 2.46. The minimum atomic E-state index is -0.855.